The fourth-order valence-corrected chi connectivity index (χ4v) is 6.73. The number of nitrogens with zero attached hydrogens (tertiary/aromatic N) is 1. The summed E-state index contributed by atoms with van der Waals surface area (Å²) in [5.41, 5.74) is 4.82. The van der Waals surface area contributed by atoms with E-state index >= 15 is 0 Å². The highest BCUT2D eigenvalue weighted by Crippen LogP contribution is 2.46. The maximum absolute atomic E-state index is 13.2. The third-order valence-corrected chi connectivity index (χ3v) is 10.0. The fraction of sp³-hybridized carbons (Fsp3) is 0.368. The van der Waals surface area contributed by atoms with Gasteiger partial charge in [0.1, 0.15) is 11.4 Å². The summed E-state index contributed by atoms with van der Waals surface area (Å²) in [6.07, 6.45) is -4.43. The van der Waals surface area contributed by atoms with E-state index in [0.29, 0.717) is 20.3 Å². The van der Waals surface area contributed by atoms with Crippen molar-refractivity contribution in [3.05, 3.63) is 45.8 Å². The Labute approximate surface area is 171 Å². The average molecular weight is 449 g/mol. The van der Waals surface area contributed by atoms with Crippen LogP contribution in [-0.4, -0.2) is 26.4 Å². The predicted octanol–water partition coefficient (Wildman–Crippen LogP) is 5.17. The summed E-state index contributed by atoms with van der Waals surface area (Å²) in [6, 6.07) is 6.66. The maximum atomic E-state index is 13.2. The molecule has 0 radical (unpaired) electrons. The molecule has 3 rings (SSSR count). The van der Waals surface area contributed by atoms with Crippen LogP contribution >= 0.6 is 22.9 Å². The minimum absolute atomic E-state index is 0.149. The smallest absolute Gasteiger partial charge is 0.386 e. The Morgan fingerprint density at radius 3 is 2.50 bits per heavy atom. The van der Waals surface area contributed by atoms with E-state index in [2.05, 4.69) is 10.9 Å². The lowest BCUT2D eigenvalue weighted by atomic mass is 10.0. The van der Waals surface area contributed by atoms with Gasteiger partial charge in [0.2, 0.25) is 0 Å². The van der Waals surface area contributed by atoms with Gasteiger partial charge in [-0.2, -0.15) is 13.2 Å². The second kappa shape index (κ2) is 6.50. The molecule has 2 aromatic rings. The minimum Gasteiger partial charge on any atom is -0.386 e. The summed E-state index contributed by atoms with van der Waals surface area (Å²) < 4.78 is 51.4. The van der Waals surface area contributed by atoms with Crippen LogP contribution in [0.25, 0.3) is 10.4 Å². The molecule has 3 nitrogen and oxygen atoms in total. The van der Waals surface area contributed by atoms with Gasteiger partial charge in [-0.3, -0.25) is 9.20 Å². The molecule has 2 heterocycles. The van der Waals surface area contributed by atoms with Gasteiger partial charge in [0.25, 0.3) is 0 Å². The molecule has 1 aliphatic rings. The number of hydrogen-bond donors (Lipinski definition) is 1. The molecular formula is C19H20ClF3N2OS2. The topological polar surface area (TPSA) is 55.5 Å². The molecule has 1 aromatic heterocycles. The molecule has 0 aliphatic carbocycles. The molecule has 0 fully saturated rings. The van der Waals surface area contributed by atoms with E-state index in [4.69, 9.17) is 17.3 Å². The normalized spacial score (nSPS) is 27.5. The number of hydrogen-bond acceptors (Lipinski definition) is 4. The summed E-state index contributed by atoms with van der Waals surface area (Å²) in [6.45, 7) is 5.25. The molecule has 1 aromatic carbocycles. The van der Waals surface area contributed by atoms with Crippen LogP contribution in [0.2, 0.25) is 5.02 Å². The third-order valence-electron chi connectivity index (χ3n) is 5.08. The number of halogens is 4. The number of thiophene rings is 1. The molecule has 0 amide bonds. The first-order valence-electron chi connectivity index (χ1n) is 8.35. The summed E-state index contributed by atoms with van der Waals surface area (Å²) in [4.78, 5) is 5.76. The predicted molar refractivity (Wildman–Crippen MR) is 113 cm³/mol. The lowest BCUT2D eigenvalue weighted by Gasteiger charge is -2.40. The second-order valence-electron chi connectivity index (χ2n) is 7.60. The third kappa shape index (κ3) is 3.46. The van der Waals surface area contributed by atoms with Crippen LogP contribution < -0.4 is 5.73 Å². The van der Waals surface area contributed by atoms with Crippen molar-refractivity contribution in [2.75, 3.05) is 5.75 Å². The van der Waals surface area contributed by atoms with Gasteiger partial charge >= 0.3 is 6.18 Å². The van der Waals surface area contributed by atoms with Crippen molar-refractivity contribution in [1.82, 2.24) is 0 Å². The number of benzene rings is 1. The van der Waals surface area contributed by atoms with Crippen molar-refractivity contribution in [2.24, 2.45) is 10.7 Å². The van der Waals surface area contributed by atoms with Crippen LogP contribution in [0.5, 0.6) is 0 Å². The molecule has 1 unspecified atom stereocenters. The Bertz CT molecular complexity index is 1070. The lowest BCUT2D eigenvalue weighted by molar-refractivity contribution is -0.137. The molecule has 9 heteroatoms. The van der Waals surface area contributed by atoms with Crippen molar-refractivity contribution in [3.63, 3.8) is 0 Å². The largest absolute Gasteiger partial charge is 0.416 e. The lowest BCUT2D eigenvalue weighted by Crippen LogP contribution is -2.54. The zero-order valence-electron chi connectivity index (χ0n) is 15.6. The Morgan fingerprint density at radius 1 is 1.29 bits per heavy atom. The van der Waals surface area contributed by atoms with E-state index in [1.807, 2.05) is 0 Å². The monoisotopic (exact) mass is 448 g/mol. The highest BCUT2D eigenvalue weighted by molar-refractivity contribution is 8.02. The Kier molecular flexibility index (Phi) is 4.92. The highest BCUT2D eigenvalue weighted by Gasteiger charge is 2.46. The van der Waals surface area contributed by atoms with Crippen LogP contribution in [0.4, 0.5) is 13.2 Å². The van der Waals surface area contributed by atoms with Crippen LogP contribution in [0.15, 0.2) is 35.3 Å². The van der Waals surface area contributed by atoms with Crippen molar-refractivity contribution in [1.29, 1.82) is 0 Å². The first-order valence-corrected chi connectivity index (χ1v) is 11.4. The van der Waals surface area contributed by atoms with E-state index in [1.54, 1.807) is 32.9 Å². The minimum atomic E-state index is -4.43. The molecule has 0 saturated carbocycles. The zero-order chi connectivity index (χ0) is 21.1. The SMILES string of the molecule is C=S1(=O)C[C@@](C)(c2sc(-c3cccc(C(F)(F)F)c3)cc2Cl)N=C(N)C1(C)C. The van der Waals surface area contributed by atoms with Crippen molar-refractivity contribution in [3.8, 4) is 10.4 Å². The summed E-state index contributed by atoms with van der Waals surface area (Å²) >= 11 is 7.65. The van der Waals surface area contributed by atoms with E-state index in [1.165, 1.54) is 17.4 Å². The van der Waals surface area contributed by atoms with Crippen LogP contribution in [0, 0.1) is 0 Å². The molecule has 2 atom stereocenters. The zero-order valence-corrected chi connectivity index (χ0v) is 18.0. The Hall–Kier alpha value is -1.51. The van der Waals surface area contributed by atoms with Crippen molar-refractivity contribution in [2.45, 2.75) is 37.2 Å². The molecule has 28 heavy (non-hydrogen) atoms. The first kappa shape index (κ1) is 21.2. The Morgan fingerprint density at radius 2 is 1.93 bits per heavy atom. The molecule has 2 N–H and O–H groups in total. The highest BCUT2D eigenvalue weighted by atomic mass is 35.5. The number of aliphatic imine (C=N–C) groups is 1. The van der Waals surface area contributed by atoms with Crippen molar-refractivity contribution < 1.29 is 17.4 Å². The number of amidine groups is 1. The van der Waals surface area contributed by atoms with Gasteiger partial charge in [0, 0.05) is 10.6 Å². The number of nitrogens with two attached hydrogens (primary N) is 1. The molecular weight excluding hydrogens is 429 g/mol. The summed E-state index contributed by atoms with van der Waals surface area (Å²) in [7, 11) is -2.62. The standard InChI is InChI=1S/C19H20ClF3N2OS2/c1-17(2)16(24)25-18(3,10-28(17,4)26)15-13(20)9-14(27-15)11-6-5-7-12(8-11)19(21,22)23/h5-9H,4,10H2,1-3H3,(H2,24,25)/t18-,28?/m0/s1. The maximum Gasteiger partial charge on any atom is 0.416 e. The average Bonchev–Trinajstić information content (AvgIpc) is 2.95. The Balaban J connectivity index is 2.10. The fourth-order valence-electron chi connectivity index (χ4n) is 3.10. The first-order chi connectivity index (χ1) is 12.7. The van der Waals surface area contributed by atoms with E-state index < -0.39 is 31.5 Å². The van der Waals surface area contributed by atoms with Gasteiger partial charge in [-0.05, 0) is 59.9 Å². The van der Waals surface area contributed by atoms with Crippen LogP contribution in [0.3, 0.4) is 0 Å². The van der Waals surface area contributed by atoms with Gasteiger partial charge in [-0.25, -0.2) is 0 Å². The molecule has 0 saturated heterocycles. The van der Waals surface area contributed by atoms with Gasteiger partial charge in [0.05, 0.1) is 20.2 Å². The van der Waals surface area contributed by atoms with E-state index in [-0.39, 0.29) is 11.6 Å². The molecule has 1 aliphatic heterocycles. The molecule has 152 valence electrons. The molecule has 0 bridgehead atoms. The van der Waals surface area contributed by atoms with Crippen molar-refractivity contribution >= 4 is 44.2 Å². The second-order valence-corrected chi connectivity index (χ2v) is 12.0. The number of rotatable bonds is 2. The molecule has 0 spiro atoms. The van der Waals surface area contributed by atoms with Gasteiger partial charge in [0.15, 0.2) is 0 Å². The quantitative estimate of drug-likeness (QED) is 0.644. The van der Waals surface area contributed by atoms with Gasteiger partial charge in [-0.15, -0.1) is 11.3 Å². The summed E-state index contributed by atoms with van der Waals surface area (Å²) in [5.74, 6) is 4.27. The van der Waals surface area contributed by atoms with Crippen LogP contribution in [0.1, 0.15) is 31.2 Å². The van der Waals surface area contributed by atoms with E-state index in [9.17, 15) is 17.4 Å². The number of alkyl halides is 3. The van der Waals surface area contributed by atoms with Gasteiger partial charge < -0.3 is 5.73 Å². The van der Waals surface area contributed by atoms with Gasteiger partial charge in [-0.1, -0.05) is 23.7 Å². The summed E-state index contributed by atoms with van der Waals surface area (Å²) in [5, 5.41) is 0.353. The van der Waals surface area contributed by atoms with E-state index in [0.717, 1.165) is 12.1 Å². The van der Waals surface area contributed by atoms with Crippen LogP contribution in [-0.2, 0) is 21.2 Å².